The van der Waals surface area contributed by atoms with Gasteiger partial charge in [0.2, 0.25) is 0 Å². The van der Waals surface area contributed by atoms with Crippen LogP contribution in [-0.4, -0.2) is 0 Å². The maximum atomic E-state index is 4.03. The molecule has 41 heavy (non-hydrogen) atoms. The maximum Gasteiger partial charge on any atom is 0.0740 e. The normalized spacial score (nSPS) is 11.7. The quantitative estimate of drug-likeness (QED) is 0.0900. The van der Waals surface area contributed by atoms with E-state index in [4.69, 9.17) is 0 Å². The van der Waals surface area contributed by atoms with E-state index in [1.54, 1.807) is 22.3 Å². The summed E-state index contributed by atoms with van der Waals surface area (Å²) in [5, 5.41) is 0. The number of hydrogen-bond donors (Lipinski definition) is 0. The predicted octanol–water partition coefficient (Wildman–Crippen LogP) is 15.2. The Labute approximate surface area is 281 Å². The van der Waals surface area contributed by atoms with Gasteiger partial charge in [0.05, 0.1) is 7.57 Å². The fourth-order valence-electron chi connectivity index (χ4n) is 5.86. The van der Waals surface area contributed by atoms with Crippen LogP contribution in [0.3, 0.4) is 0 Å². The van der Waals surface area contributed by atoms with Crippen molar-refractivity contribution >= 4 is 65.9 Å². The summed E-state index contributed by atoms with van der Waals surface area (Å²) < 4.78 is 2.77. The van der Waals surface area contributed by atoms with Gasteiger partial charge in [-0.3, -0.25) is 0 Å². The first-order valence-corrected chi connectivity index (χ1v) is 20.8. The molecule has 0 radical (unpaired) electrons. The van der Waals surface area contributed by atoms with Crippen LogP contribution in [0.4, 0.5) is 0 Å². The van der Waals surface area contributed by atoms with Gasteiger partial charge in [-0.15, -0.1) is 34.0 Å². The molecule has 0 spiro atoms. The molecule has 0 aliphatic heterocycles. The molecule has 3 rings (SSSR count). The molecule has 0 nitrogen and oxygen atoms in total. The lowest BCUT2D eigenvalue weighted by molar-refractivity contribution is 0.652. The zero-order valence-corrected chi connectivity index (χ0v) is 31.9. The molecule has 0 unspecified atom stereocenters. The molecular formula is C36H54Br2S3. The summed E-state index contributed by atoms with van der Waals surface area (Å²) in [6.45, 7) is 9.25. The second-order valence-electron chi connectivity index (χ2n) is 11.7. The SMILES string of the molecule is CCCCCCc1c(Br)sc(-c2ccc(-c3sc(Br)c(CCCCCC)c3CCCCCC)s2)c1CCCCCC. The van der Waals surface area contributed by atoms with Crippen molar-refractivity contribution in [1.82, 2.24) is 0 Å². The second-order valence-corrected chi connectivity index (χ2v) is 17.5. The third kappa shape index (κ3) is 10.9. The summed E-state index contributed by atoms with van der Waals surface area (Å²) in [5.74, 6) is 0. The van der Waals surface area contributed by atoms with Crippen molar-refractivity contribution in [3.8, 4) is 19.5 Å². The Morgan fingerprint density at radius 3 is 1.05 bits per heavy atom. The Morgan fingerprint density at radius 1 is 0.415 bits per heavy atom. The van der Waals surface area contributed by atoms with Gasteiger partial charge in [0.1, 0.15) is 0 Å². The molecule has 0 aromatic carbocycles. The van der Waals surface area contributed by atoms with Crippen LogP contribution in [0.2, 0.25) is 0 Å². The zero-order valence-electron chi connectivity index (χ0n) is 26.3. The standard InChI is InChI=1S/C36H54Br2S3/c1-5-9-13-17-21-27-29(23-19-15-11-7-3)35(37)40-33(27)31-25-26-32(39-31)34-28(22-18-14-10-6-2)30(36(38)41-34)24-20-16-12-8-4/h25-26H,5-24H2,1-4H3. The van der Waals surface area contributed by atoms with E-state index >= 15 is 0 Å². The molecule has 0 aliphatic rings. The largest absolute Gasteiger partial charge is 0.133 e. The summed E-state index contributed by atoms with van der Waals surface area (Å²) in [5.41, 5.74) is 6.51. The molecule has 0 saturated carbocycles. The van der Waals surface area contributed by atoms with E-state index in [2.05, 4.69) is 71.7 Å². The molecule has 0 bridgehead atoms. The summed E-state index contributed by atoms with van der Waals surface area (Å²) in [7, 11) is 0. The van der Waals surface area contributed by atoms with Crippen LogP contribution in [0.15, 0.2) is 19.7 Å². The lowest BCUT2D eigenvalue weighted by atomic mass is 9.98. The minimum atomic E-state index is 1.22. The van der Waals surface area contributed by atoms with Gasteiger partial charge in [0.15, 0.2) is 0 Å². The van der Waals surface area contributed by atoms with Crippen molar-refractivity contribution in [3.63, 3.8) is 0 Å². The highest BCUT2D eigenvalue weighted by Crippen LogP contribution is 2.49. The molecule has 0 atom stereocenters. The van der Waals surface area contributed by atoms with Crippen LogP contribution in [0.25, 0.3) is 19.5 Å². The minimum absolute atomic E-state index is 1.22. The van der Waals surface area contributed by atoms with Crippen molar-refractivity contribution in [3.05, 3.63) is 42.0 Å². The van der Waals surface area contributed by atoms with Gasteiger partial charge in [-0.25, -0.2) is 0 Å². The molecule has 3 aromatic rings. The van der Waals surface area contributed by atoms with Crippen LogP contribution in [0, 0.1) is 0 Å². The Morgan fingerprint density at radius 2 is 0.732 bits per heavy atom. The van der Waals surface area contributed by atoms with Gasteiger partial charge >= 0.3 is 0 Å². The average Bonchev–Trinajstić information content (AvgIpc) is 3.66. The van der Waals surface area contributed by atoms with Crippen LogP contribution in [0.1, 0.15) is 153 Å². The number of unbranched alkanes of at least 4 members (excludes halogenated alkanes) is 12. The number of thiophene rings is 3. The van der Waals surface area contributed by atoms with Crippen LogP contribution < -0.4 is 0 Å². The highest BCUT2D eigenvalue weighted by molar-refractivity contribution is 9.11. The molecule has 3 aromatic heterocycles. The topological polar surface area (TPSA) is 0 Å². The zero-order chi connectivity index (χ0) is 29.5. The Hall–Kier alpha value is 0.0600. The van der Waals surface area contributed by atoms with E-state index in [0.29, 0.717) is 0 Å². The van der Waals surface area contributed by atoms with E-state index < -0.39 is 0 Å². The molecule has 0 aliphatic carbocycles. The highest BCUT2D eigenvalue weighted by Gasteiger charge is 2.22. The first-order chi connectivity index (χ1) is 20.0. The Balaban J connectivity index is 1.91. The molecular weight excluding hydrogens is 688 g/mol. The third-order valence-electron chi connectivity index (χ3n) is 8.31. The van der Waals surface area contributed by atoms with Gasteiger partial charge in [0.25, 0.3) is 0 Å². The Kier molecular flexibility index (Phi) is 17.5. The smallest absolute Gasteiger partial charge is 0.0740 e. The third-order valence-corrected chi connectivity index (χ3v) is 13.8. The summed E-state index contributed by atoms with van der Waals surface area (Å²) in [4.78, 5) is 6.02. The summed E-state index contributed by atoms with van der Waals surface area (Å²) in [6, 6.07) is 4.87. The fourth-order valence-corrected chi connectivity index (χ4v) is 11.2. The van der Waals surface area contributed by atoms with Crippen LogP contribution in [0.5, 0.6) is 0 Å². The monoisotopic (exact) mass is 740 g/mol. The molecule has 3 heterocycles. The van der Waals surface area contributed by atoms with Crippen LogP contribution in [-0.2, 0) is 25.7 Å². The van der Waals surface area contributed by atoms with Crippen molar-refractivity contribution < 1.29 is 0 Å². The van der Waals surface area contributed by atoms with E-state index in [1.807, 2.05) is 34.0 Å². The summed E-state index contributed by atoms with van der Waals surface area (Å²) in [6.07, 6.45) is 26.2. The first-order valence-electron chi connectivity index (χ1n) is 16.8. The average molecular weight is 743 g/mol. The molecule has 0 N–H and O–H groups in total. The van der Waals surface area contributed by atoms with Crippen molar-refractivity contribution in [2.24, 2.45) is 0 Å². The maximum absolute atomic E-state index is 4.03. The lowest BCUT2D eigenvalue weighted by Crippen LogP contribution is -1.94. The predicted molar refractivity (Wildman–Crippen MR) is 198 cm³/mol. The van der Waals surface area contributed by atoms with Crippen molar-refractivity contribution in [2.45, 2.75) is 156 Å². The van der Waals surface area contributed by atoms with Gasteiger partial charge in [-0.05, 0) is 118 Å². The number of rotatable bonds is 22. The van der Waals surface area contributed by atoms with Gasteiger partial charge in [-0.1, -0.05) is 105 Å². The van der Waals surface area contributed by atoms with E-state index in [9.17, 15) is 0 Å². The number of hydrogen-bond acceptors (Lipinski definition) is 3. The molecule has 0 fully saturated rings. The van der Waals surface area contributed by atoms with E-state index in [0.717, 1.165) is 0 Å². The second kappa shape index (κ2) is 20.2. The van der Waals surface area contributed by atoms with Gasteiger partial charge in [0, 0.05) is 19.5 Å². The fraction of sp³-hybridized carbons (Fsp3) is 0.667. The van der Waals surface area contributed by atoms with Crippen molar-refractivity contribution in [1.29, 1.82) is 0 Å². The number of halogens is 2. The first kappa shape index (κ1) is 35.5. The van der Waals surface area contributed by atoms with E-state index in [-0.39, 0.29) is 0 Å². The molecule has 0 saturated heterocycles. The molecule has 0 amide bonds. The highest BCUT2D eigenvalue weighted by atomic mass is 79.9. The minimum Gasteiger partial charge on any atom is -0.133 e. The van der Waals surface area contributed by atoms with E-state index in [1.165, 1.54) is 155 Å². The molecule has 5 heteroatoms. The van der Waals surface area contributed by atoms with Gasteiger partial charge < -0.3 is 0 Å². The lowest BCUT2D eigenvalue weighted by Gasteiger charge is -2.09. The summed E-state index contributed by atoms with van der Waals surface area (Å²) >= 11 is 14.1. The van der Waals surface area contributed by atoms with Gasteiger partial charge in [-0.2, -0.15) is 0 Å². The van der Waals surface area contributed by atoms with Crippen molar-refractivity contribution in [2.75, 3.05) is 0 Å². The molecule has 230 valence electrons. The Bertz CT molecular complexity index is 1050. The van der Waals surface area contributed by atoms with Crippen LogP contribution >= 0.6 is 65.9 Å².